The SMILES string of the molecule is CCC1CCCCN1C1COc2ccccc2C1N. The Morgan fingerprint density at radius 1 is 1.32 bits per heavy atom. The van der Waals surface area contributed by atoms with E-state index >= 15 is 0 Å². The van der Waals surface area contributed by atoms with E-state index in [1.807, 2.05) is 12.1 Å². The van der Waals surface area contributed by atoms with Crippen LogP contribution in [-0.2, 0) is 0 Å². The van der Waals surface area contributed by atoms with E-state index in [-0.39, 0.29) is 6.04 Å². The molecule has 0 saturated carbocycles. The van der Waals surface area contributed by atoms with Crippen molar-refractivity contribution in [2.24, 2.45) is 5.73 Å². The molecule has 0 aromatic heterocycles. The number of hydrogen-bond acceptors (Lipinski definition) is 3. The average Bonchev–Trinajstić information content (AvgIpc) is 2.48. The van der Waals surface area contributed by atoms with Gasteiger partial charge in [-0.1, -0.05) is 31.5 Å². The van der Waals surface area contributed by atoms with E-state index in [1.165, 1.54) is 37.8 Å². The molecule has 0 radical (unpaired) electrons. The number of fused-ring (bicyclic) bond motifs is 1. The van der Waals surface area contributed by atoms with Gasteiger partial charge in [0.05, 0.1) is 12.1 Å². The summed E-state index contributed by atoms with van der Waals surface area (Å²) in [6.45, 7) is 4.18. The quantitative estimate of drug-likeness (QED) is 0.888. The molecule has 0 bridgehead atoms. The van der Waals surface area contributed by atoms with E-state index in [2.05, 4.69) is 24.0 Å². The lowest BCUT2D eigenvalue weighted by molar-refractivity contribution is 0.0376. The molecule has 3 rings (SSSR count). The van der Waals surface area contributed by atoms with Crippen LogP contribution in [0.2, 0.25) is 0 Å². The molecule has 19 heavy (non-hydrogen) atoms. The van der Waals surface area contributed by atoms with E-state index in [0.29, 0.717) is 12.1 Å². The number of nitrogens with two attached hydrogens (primary N) is 1. The highest BCUT2D eigenvalue weighted by molar-refractivity contribution is 5.38. The predicted octanol–water partition coefficient (Wildman–Crippen LogP) is 2.71. The van der Waals surface area contributed by atoms with Gasteiger partial charge >= 0.3 is 0 Å². The van der Waals surface area contributed by atoms with Gasteiger partial charge in [-0.15, -0.1) is 0 Å². The zero-order valence-corrected chi connectivity index (χ0v) is 11.7. The number of rotatable bonds is 2. The number of piperidine rings is 1. The third kappa shape index (κ3) is 2.37. The molecule has 3 nitrogen and oxygen atoms in total. The van der Waals surface area contributed by atoms with Gasteiger partial charge in [-0.25, -0.2) is 0 Å². The first-order valence-electron chi connectivity index (χ1n) is 7.54. The van der Waals surface area contributed by atoms with Crippen LogP contribution in [0.1, 0.15) is 44.2 Å². The lowest BCUT2D eigenvalue weighted by Crippen LogP contribution is -2.54. The third-order valence-electron chi connectivity index (χ3n) is 4.67. The minimum atomic E-state index is 0.0806. The first-order valence-corrected chi connectivity index (χ1v) is 7.54. The second kappa shape index (κ2) is 5.51. The molecule has 3 atom stereocenters. The van der Waals surface area contributed by atoms with Crippen LogP contribution >= 0.6 is 0 Å². The van der Waals surface area contributed by atoms with Crippen molar-refractivity contribution in [1.29, 1.82) is 0 Å². The summed E-state index contributed by atoms with van der Waals surface area (Å²) in [5.41, 5.74) is 7.68. The van der Waals surface area contributed by atoms with Crippen LogP contribution in [0.15, 0.2) is 24.3 Å². The molecule has 0 spiro atoms. The first kappa shape index (κ1) is 12.9. The molecule has 2 aliphatic rings. The summed E-state index contributed by atoms with van der Waals surface area (Å²) >= 11 is 0. The summed E-state index contributed by atoms with van der Waals surface area (Å²) in [6, 6.07) is 9.30. The van der Waals surface area contributed by atoms with Gasteiger partial charge in [0.2, 0.25) is 0 Å². The maximum absolute atomic E-state index is 6.52. The zero-order chi connectivity index (χ0) is 13.2. The van der Waals surface area contributed by atoms with Gasteiger partial charge in [0.15, 0.2) is 0 Å². The van der Waals surface area contributed by atoms with E-state index < -0.39 is 0 Å². The molecule has 2 heterocycles. The fourth-order valence-electron chi connectivity index (χ4n) is 3.57. The summed E-state index contributed by atoms with van der Waals surface area (Å²) in [7, 11) is 0. The molecule has 0 aliphatic carbocycles. The van der Waals surface area contributed by atoms with Crippen LogP contribution in [0.3, 0.4) is 0 Å². The topological polar surface area (TPSA) is 38.5 Å². The van der Waals surface area contributed by atoms with Gasteiger partial charge in [0, 0.05) is 11.6 Å². The van der Waals surface area contributed by atoms with Crippen molar-refractivity contribution in [3.8, 4) is 5.75 Å². The van der Waals surface area contributed by atoms with Crippen molar-refractivity contribution in [2.75, 3.05) is 13.2 Å². The molecule has 0 amide bonds. The molecule has 1 aromatic carbocycles. The van der Waals surface area contributed by atoms with Gasteiger partial charge in [-0.05, 0) is 31.9 Å². The van der Waals surface area contributed by atoms with Gasteiger partial charge in [0.1, 0.15) is 12.4 Å². The maximum Gasteiger partial charge on any atom is 0.124 e. The van der Waals surface area contributed by atoms with Crippen molar-refractivity contribution in [2.45, 2.75) is 50.7 Å². The summed E-state index contributed by atoms with van der Waals surface area (Å²) in [5.74, 6) is 0.969. The van der Waals surface area contributed by atoms with Crippen molar-refractivity contribution >= 4 is 0 Å². The van der Waals surface area contributed by atoms with Crippen molar-refractivity contribution < 1.29 is 4.74 Å². The molecule has 1 aromatic rings. The predicted molar refractivity (Wildman–Crippen MR) is 77.3 cm³/mol. The third-order valence-corrected chi connectivity index (χ3v) is 4.67. The number of nitrogens with zero attached hydrogens (tertiary/aromatic N) is 1. The minimum absolute atomic E-state index is 0.0806. The van der Waals surface area contributed by atoms with E-state index in [1.54, 1.807) is 0 Å². The standard InChI is InChI=1S/C16H24N2O/c1-2-12-7-5-6-10-18(12)14-11-19-15-9-4-3-8-13(15)16(14)17/h3-4,8-9,12,14,16H,2,5-7,10-11,17H2,1H3. The molecule has 3 heteroatoms. The van der Waals surface area contributed by atoms with Crippen LogP contribution in [0.25, 0.3) is 0 Å². The van der Waals surface area contributed by atoms with Crippen molar-refractivity contribution in [1.82, 2.24) is 4.90 Å². The Bertz CT molecular complexity index is 435. The van der Waals surface area contributed by atoms with Crippen molar-refractivity contribution in [3.63, 3.8) is 0 Å². The van der Waals surface area contributed by atoms with Crippen LogP contribution < -0.4 is 10.5 Å². The highest BCUT2D eigenvalue weighted by Gasteiger charge is 2.36. The largest absolute Gasteiger partial charge is 0.492 e. The number of benzene rings is 1. The lowest BCUT2D eigenvalue weighted by atomic mass is 9.91. The van der Waals surface area contributed by atoms with Gasteiger partial charge < -0.3 is 10.5 Å². The molecule has 2 aliphatic heterocycles. The molecule has 104 valence electrons. The van der Waals surface area contributed by atoms with Gasteiger partial charge in [-0.3, -0.25) is 4.90 Å². The highest BCUT2D eigenvalue weighted by Crippen LogP contribution is 2.35. The summed E-state index contributed by atoms with van der Waals surface area (Å²) in [6.07, 6.45) is 5.17. The van der Waals surface area contributed by atoms with E-state index in [4.69, 9.17) is 10.5 Å². The van der Waals surface area contributed by atoms with Crippen LogP contribution in [0, 0.1) is 0 Å². The minimum Gasteiger partial charge on any atom is -0.492 e. The zero-order valence-electron chi connectivity index (χ0n) is 11.7. The Morgan fingerprint density at radius 2 is 2.16 bits per heavy atom. The number of para-hydroxylation sites is 1. The Kier molecular flexibility index (Phi) is 3.76. The van der Waals surface area contributed by atoms with Gasteiger partial charge in [-0.2, -0.15) is 0 Å². The Hall–Kier alpha value is -1.06. The molecular formula is C16H24N2O. The highest BCUT2D eigenvalue weighted by atomic mass is 16.5. The van der Waals surface area contributed by atoms with E-state index in [0.717, 1.165) is 12.4 Å². The molecule has 3 unspecified atom stereocenters. The fraction of sp³-hybridized carbons (Fsp3) is 0.625. The fourth-order valence-corrected chi connectivity index (χ4v) is 3.57. The van der Waals surface area contributed by atoms with E-state index in [9.17, 15) is 0 Å². The first-order chi connectivity index (χ1) is 9.31. The second-order valence-corrected chi connectivity index (χ2v) is 5.74. The summed E-state index contributed by atoms with van der Waals surface area (Å²) in [4.78, 5) is 2.60. The summed E-state index contributed by atoms with van der Waals surface area (Å²) in [5, 5.41) is 0. The molecule has 1 fully saturated rings. The Labute approximate surface area is 115 Å². The van der Waals surface area contributed by atoms with Crippen molar-refractivity contribution in [3.05, 3.63) is 29.8 Å². The molecule has 2 N–H and O–H groups in total. The average molecular weight is 260 g/mol. The van der Waals surface area contributed by atoms with Gasteiger partial charge in [0.25, 0.3) is 0 Å². The number of ether oxygens (including phenoxy) is 1. The van der Waals surface area contributed by atoms with Crippen LogP contribution in [-0.4, -0.2) is 30.1 Å². The smallest absolute Gasteiger partial charge is 0.124 e. The Balaban J connectivity index is 1.82. The monoisotopic (exact) mass is 260 g/mol. The Morgan fingerprint density at radius 3 is 3.00 bits per heavy atom. The lowest BCUT2D eigenvalue weighted by Gasteiger charge is -2.45. The number of likely N-dealkylation sites (tertiary alicyclic amines) is 1. The summed E-state index contributed by atoms with van der Waals surface area (Å²) < 4.78 is 5.93. The van der Waals surface area contributed by atoms with Crippen LogP contribution in [0.5, 0.6) is 5.75 Å². The normalized spacial score (nSPS) is 31.6. The van der Waals surface area contributed by atoms with Crippen LogP contribution in [0.4, 0.5) is 0 Å². The molecular weight excluding hydrogens is 236 g/mol. The molecule has 1 saturated heterocycles. The second-order valence-electron chi connectivity index (χ2n) is 5.74. The maximum atomic E-state index is 6.52. The number of hydrogen-bond donors (Lipinski definition) is 1.